The molecule has 1 aromatic carbocycles. The van der Waals surface area contributed by atoms with E-state index in [1.807, 2.05) is 0 Å². The van der Waals surface area contributed by atoms with E-state index >= 15 is 0 Å². The van der Waals surface area contributed by atoms with E-state index in [0.717, 1.165) is 6.07 Å². The smallest absolute Gasteiger partial charge is 0.243 e. The summed E-state index contributed by atoms with van der Waals surface area (Å²) >= 11 is 0. The molecule has 2 aromatic rings. The van der Waals surface area contributed by atoms with E-state index in [0.29, 0.717) is 5.56 Å². The largest absolute Gasteiger partial charge is 0.472 e. The third-order valence-corrected chi connectivity index (χ3v) is 4.26. The molecule has 0 saturated carbocycles. The maximum absolute atomic E-state index is 13.4. The van der Waals surface area contributed by atoms with Crippen molar-refractivity contribution in [2.24, 2.45) is 0 Å². The second-order valence-corrected chi connectivity index (χ2v) is 5.92. The number of nitrogens with one attached hydrogen (secondary N) is 1. The molecule has 0 aliphatic heterocycles. The van der Waals surface area contributed by atoms with Crippen molar-refractivity contribution in [3.63, 3.8) is 0 Å². The van der Waals surface area contributed by atoms with Crippen molar-refractivity contribution in [3.8, 4) is 0 Å². The van der Waals surface area contributed by atoms with E-state index in [4.69, 9.17) is 4.42 Å². The second-order valence-electron chi connectivity index (χ2n) is 4.19. The molecule has 7 heteroatoms. The zero-order valence-corrected chi connectivity index (χ0v) is 11.3. The lowest BCUT2D eigenvalue weighted by Crippen LogP contribution is -2.26. The molecule has 5 nitrogen and oxygen atoms in total. The first kappa shape index (κ1) is 14.7. The van der Waals surface area contributed by atoms with E-state index in [-0.39, 0.29) is 13.0 Å². The van der Waals surface area contributed by atoms with Gasteiger partial charge in [0.05, 0.1) is 18.6 Å². The zero-order chi connectivity index (χ0) is 14.6. The van der Waals surface area contributed by atoms with E-state index in [1.165, 1.54) is 30.7 Å². The molecule has 1 unspecified atom stereocenters. The van der Waals surface area contributed by atoms with Crippen LogP contribution in [0.15, 0.2) is 52.2 Å². The van der Waals surface area contributed by atoms with Gasteiger partial charge in [0.15, 0.2) is 0 Å². The van der Waals surface area contributed by atoms with E-state index < -0.39 is 26.8 Å². The first-order chi connectivity index (χ1) is 9.50. The summed E-state index contributed by atoms with van der Waals surface area (Å²) in [6.45, 7) is -0.0109. The van der Waals surface area contributed by atoms with Crippen LogP contribution in [-0.2, 0) is 10.0 Å². The van der Waals surface area contributed by atoms with Crippen molar-refractivity contribution < 1.29 is 22.3 Å². The quantitative estimate of drug-likeness (QED) is 0.852. The Hall–Kier alpha value is -1.70. The summed E-state index contributed by atoms with van der Waals surface area (Å²) in [6, 6.07) is 6.71. The Bertz CT molecular complexity index is 655. The molecule has 0 spiro atoms. The number of hydrogen-bond acceptors (Lipinski definition) is 4. The molecule has 1 aromatic heterocycles. The first-order valence-corrected chi connectivity index (χ1v) is 7.43. The number of aliphatic hydroxyl groups is 1. The summed E-state index contributed by atoms with van der Waals surface area (Å²) in [5.41, 5.74) is 0.565. The summed E-state index contributed by atoms with van der Waals surface area (Å²) < 4.78 is 44.2. The molecule has 0 aliphatic carbocycles. The number of sulfonamides is 1. The third-order valence-electron chi connectivity index (χ3n) is 2.76. The van der Waals surface area contributed by atoms with Crippen molar-refractivity contribution in [3.05, 3.63) is 54.2 Å². The van der Waals surface area contributed by atoms with Crippen molar-refractivity contribution in [1.82, 2.24) is 4.72 Å². The van der Waals surface area contributed by atoms with Gasteiger partial charge in [0.2, 0.25) is 10.0 Å². The summed E-state index contributed by atoms with van der Waals surface area (Å²) in [6.07, 6.45) is 2.13. The highest BCUT2D eigenvalue weighted by molar-refractivity contribution is 7.89. The van der Waals surface area contributed by atoms with Crippen molar-refractivity contribution in [1.29, 1.82) is 0 Å². The lowest BCUT2D eigenvalue weighted by Gasteiger charge is -2.10. The van der Waals surface area contributed by atoms with Crippen LogP contribution in [0.3, 0.4) is 0 Å². The van der Waals surface area contributed by atoms with Crippen LogP contribution in [0.25, 0.3) is 0 Å². The van der Waals surface area contributed by atoms with Crippen LogP contribution in [0, 0.1) is 5.82 Å². The van der Waals surface area contributed by atoms with Crippen LogP contribution in [0.4, 0.5) is 4.39 Å². The minimum atomic E-state index is -3.91. The third kappa shape index (κ3) is 3.44. The highest BCUT2D eigenvalue weighted by atomic mass is 32.2. The molecule has 2 rings (SSSR count). The van der Waals surface area contributed by atoms with Gasteiger partial charge >= 0.3 is 0 Å². The Morgan fingerprint density at radius 2 is 2.05 bits per heavy atom. The van der Waals surface area contributed by atoms with Gasteiger partial charge in [-0.15, -0.1) is 0 Å². The minimum Gasteiger partial charge on any atom is -0.472 e. The molecule has 1 atom stereocenters. The fraction of sp³-hybridized carbons (Fsp3) is 0.231. The summed E-state index contributed by atoms with van der Waals surface area (Å²) in [4.78, 5) is -0.405. The lowest BCUT2D eigenvalue weighted by molar-refractivity contribution is 0.168. The van der Waals surface area contributed by atoms with Gasteiger partial charge in [0, 0.05) is 12.1 Å². The Balaban J connectivity index is 1.95. The molecule has 1 heterocycles. The predicted molar refractivity (Wildman–Crippen MR) is 69.9 cm³/mol. The van der Waals surface area contributed by atoms with Crippen LogP contribution in [0.1, 0.15) is 18.1 Å². The fourth-order valence-corrected chi connectivity index (χ4v) is 2.83. The van der Waals surface area contributed by atoms with Gasteiger partial charge in [-0.25, -0.2) is 17.5 Å². The summed E-state index contributed by atoms with van der Waals surface area (Å²) in [7, 11) is -3.91. The van der Waals surface area contributed by atoms with Crippen LogP contribution >= 0.6 is 0 Å². The zero-order valence-electron chi connectivity index (χ0n) is 10.5. The summed E-state index contributed by atoms with van der Waals surface area (Å²) in [5.74, 6) is -0.810. The molecular formula is C13H14FNO4S. The highest BCUT2D eigenvalue weighted by Crippen LogP contribution is 2.17. The number of hydrogen-bond donors (Lipinski definition) is 2. The van der Waals surface area contributed by atoms with E-state index in [2.05, 4.69) is 4.72 Å². The monoisotopic (exact) mass is 299 g/mol. The average Bonchev–Trinajstić information content (AvgIpc) is 2.92. The van der Waals surface area contributed by atoms with Crippen molar-refractivity contribution in [2.45, 2.75) is 17.4 Å². The number of aliphatic hydroxyl groups excluding tert-OH is 1. The molecule has 0 fully saturated rings. The van der Waals surface area contributed by atoms with Crippen LogP contribution in [0.5, 0.6) is 0 Å². The topological polar surface area (TPSA) is 79.5 Å². The number of furan rings is 1. The Morgan fingerprint density at radius 1 is 1.30 bits per heavy atom. The van der Waals surface area contributed by atoms with Crippen LogP contribution < -0.4 is 4.72 Å². The molecule has 0 bridgehead atoms. The fourth-order valence-electron chi connectivity index (χ4n) is 1.70. The minimum absolute atomic E-state index is 0.0109. The first-order valence-electron chi connectivity index (χ1n) is 5.95. The molecule has 0 saturated heterocycles. The molecule has 0 radical (unpaired) electrons. The predicted octanol–water partition coefficient (Wildman–Crippen LogP) is 1.82. The second kappa shape index (κ2) is 6.17. The van der Waals surface area contributed by atoms with Gasteiger partial charge < -0.3 is 9.52 Å². The Labute approximate surface area is 116 Å². The molecular weight excluding hydrogens is 285 g/mol. The maximum atomic E-state index is 13.4. The average molecular weight is 299 g/mol. The molecule has 2 N–H and O–H groups in total. The SMILES string of the molecule is O=S(=O)(NCCC(O)c1ccoc1)c1ccccc1F. The molecule has 108 valence electrons. The van der Waals surface area contributed by atoms with Gasteiger partial charge in [-0.05, 0) is 24.6 Å². The van der Waals surface area contributed by atoms with Crippen LogP contribution in [0.2, 0.25) is 0 Å². The van der Waals surface area contributed by atoms with Crippen LogP contribution in [-0.4, -0.2) is 20.1 Å². The lowest BCUT2D eigenvalue weighted by atomic mass is 10.1. The molecule has 0 amide bonds. The van der Waals surface area contributed by atoms with Crippen molar-refractivity contribution in [2.75, 3.05) is 6.54 Å². The molecule has 20 heavy (non-hydrogen) atoms. The van der Waals surface area contributed by atoms with E-state index in [9.17, 15) is 17.9 Å². The van der Waals surface area contributed by atoms with Gasteiger partial charge in [0.1, 0.15) is 10.7 Å². The normalized spacial score (nSPS) is 13.3. The van der Waals surface area contributed by atoms with E-state index in [1.54, 1.807) is 6.07 Å². The van der Waals surface area contributed by atoms with Gasteiger partial charge in [-0.1, -0.05) is 12.1 Å². The summed E-state index contributed by atoms with van der Waals surface area (Å²) in [5, 5.41) is 9.76. The number of halogens is 1. The standard InChI is InChI=1S/C13H14FNO4S/c14-11-3-1-2-4-13(11)20(17,18)15-7-5-12(16)10-6-8-19-9-10/h1-4,6,8-9,12,15-16H,5,7H2. The Kier molecular flexibility index (Phi) is 4.53. The molecule has 0 aliphatic rings. The van der Waals surface area contributed by atoms with Gasteiger partial charge in [-0.2, -0.15) is 0 Å². The van der Waals surface area contributed by atoms with Crippen molar-refractivity contribution >= 4 is 10.0 Å². The number of rotatable bonds is 6. The number of benzene rings is 1. The van der Waals surface area contributed by atoms with Gasteiger partial charge in [0.25, 0.3) is 0 Å². The highest BCUT2D eigenvalue weighted by Gasteiger charge is 2.18. The van der Waals surface area contributed by atoms with Gasteiger partial charge in [-0.3, -0.25) is 0 Å². The Morgan fingerprint density at radius 3 is 2.70 bits per heavy atom. The maximum Gasteiger partial charge on any atom is 0.243 e.